The first-order chi connectivity index (χ1) is 49.6. The summed E-state index contributed by atoms with van der Waals surface area (Å²) in [5.41, 5.74) is -2.13. The molecule has 0 amide bonds. The highest BCUT2D eigenvalue weighted by atomic mass is 32.9. The first-order valence-electron chi connectivity index (χ1n) is 40.8. The number of carboxylic acids is 1. The topological polar surface area (TPSA) is 220 Å². The van der Waals surface area contributed by atoms with Crippen molar-refractivity contribution in [3.05, 3.63) is 0 Å². The van der Waals surface area contributed by atoms with Gasteiger partial charge in [-0.15, -0.1) is 11.8 Å². The molecule has 2 rings (SSSR count). The molecule has 2 aliphatic heterocycles. The Labute approximate surface area is 669 Å². The van der Waals surface area contributed by atoms with Gasteiger partial charge in [-0.25, -0.2) is 0 Å². The molecule has 0 aliphatic carbocycles. The fourth-order valence-corrected chi connectivity index (χ4v) is 12.4. The minimum atomic E-state index is -2.13. The number of carbonyl (C=O) groups is 2. The van der Waals surface area contributed by atoms with E-state index in [-0.39, 0.29) is 25.9 Å². The molecule has 103 heavy (non-hydrogen) atoms. The molecule has 2 fully saturated rings. The van der Waals surface area contributed by atoms with E-state index < -0.39 is 29.7 Å². The van der Waals surface area contributed by atoms with E-state index in [4.69, 9.17) is 85.9 Å². The molecule has 2 heterocycles. The third-order valence-electron chi connectivity index (χ3n) is 16.7. The molecule has 2 saturated heterocycles. The predicted molar refractivity (Wildman–Crippen MR) is 464 cm³/mol. The fourth-order valence-electron chi connectivity index (χ4n) is 10.3. The van der Waals surface area contributed by atoms with Gasteiger partial charge in [-0.3, -0.25) is 9.59 Å². The molecule has 0 radical (unpaired) electrons. The number of thioether (sulfide) groups is 2. The van der Waals surface area contributed by atoms with Crippen LogP contribution in [0.25, 0.3) is 0 Å². The Bertz CT molecular complexity index is 1740. The number of thiocarbonyl (C=S) groups is 3. The zero-order valence-corrected chi connectivity index (χ0v) is 74.5. The molecule has 0 saturated carbocycles. The number of thiol groups is 1. The third kappa shape index (κ3) is 107. The summed E-state index contributed by atoms with van der Waals surface area (Å²) in [6.45, 7) is 17.8. The molecule has 0 spiro atoms. The fraction of sp³-hybridized carbons (Fsp3) is 0.938. The largest absolute Gasteiger partial charge is 0.484 e. The third-order valence-corrected chi connectivity index (χ3v) is 22.5. The predicted octanol–water partition coefficient (Wildman–Crippen LogP) is 24.0. The maximum absolute atomic E-state index is 11.0. The van der Waals surface area contributed by atoms with Gasteiger partial charge >= 0.3 is 5.97 Å². The van der Waals surface area contributed by atoms with Crippen LogP contribution in [-0.4, -0.2) is 160 Å². The molecule has 0 aromatic rings. The molecule has 15 nitrogen and oxygen atoms in total. The number of aliphatic hydroxyl groups excluding tert-OH is 5. The number of aliphatic hydroxyl groups is 5. The van der Waals surface area contributed by atoms with Crippen LogP contribution in [0.4, 0.5) is 0 Å². The number of carbonyl (C=O) groups excluding carboxylic acids is 1. The number of unbranched alkanes of at least 4 members (excludes halogenated alkanes) is 40. The summed E-state index contributed by atoms with van der Waals surface area (Å²) in [4.78, 5) is 21.2. The Morgan fingerprint density at radius 2 is 0.816 bits per heavy atom. The Morgan fingerprint density at radius 1 is 0.505 bits per heavy atom. The van der Waals surface area contributed by atoms with E-state index in [1.54, 1.807) is 0 Å². The zero-order valence-electron chi connectivity index (χ0n) is 67.9. The average molecular weight is 1620 g/mol. The van der Waals surface area contributed by atoms with Crippen molar-refractivity contribution in [2.75, 3.05) is 79.6 Å². The normalized spacial score (nSPS) is 13.9. The monoisotopic (exact) mass is 1620 g/mol. The van der Waals surface area contributed by atoms with Crippen molar-refractivity contribution in [3.8, 4) is 0 Å². The Kier molecular flexibility index (Phi) is 105. The van der Waals surface area contributed by atoms with E-state index >= 15 is 0 Å². The van der Waals surface area contributed by atoms with Crippen LogP contribution in [0.15, 0.2) is 0 Å². The maximum Gasteiger partial charge on any atom is 0.303 e. The van der Waals surface area contributed by atoms with Crippen LogP contribution in [-0.2, 0) is 54.1 Å². The van der Waals surface area contributed by atoms with Crippen molar-refractivity contribution in [3.63, 3.8) is 0 Å². The van der Waals surface area contributed by atoms with Crippen molar-refractivity contribution < 1.29 is 73.0 Å². The highest BCUT2D eigenvalue weighted by Gasteiger charge is 2.33. The lowest BCUT2D eigenvalue weighted by molar-refractivity contribution is -0.141. The summed E-state index contributed by atoms with van der Waals surface area (Å²) in [6, 6.07) is 0. The SMILES string of the molecule is C1CCOC1.CCCCCCCCCCCC(=O)O.CCCCCCCCCCCC(=O)SC.CCCCCCCCCCCC(=S)OCC(O)CO.CCCCCCCCCCCC(=S)OCC1COC(C)(C)O1.CCCCCCCCCCCC(=S)SCC(O)CO.CO.COP(=S)(S)OC. The highest BCUT2D eigenvalue weighted by Crippen LogP contribution is 2.51. The molecule has 23 heteroatoms. The van der Waals surface area contributed by atoms with Gasteiger partial charge < -0.3 is 63.4 Å². The summed E-state index contributed by atoms with van der Waals surface area (Å²) < 4.78 is 37.2. The van der Waals surface area contributed by atoms with Crippen LogP contribution in [0.2, 0.25) is 0 Å². The highest BCUT2D eigenvalue weighted by molar-refractivity contribution is 8.60. The Morgan fingerprint density at radius 3 is 1.09 bits per heavy atom. The molecule has 0 aromatic carbocycles. The van der Waals surface area contributed by atoms with Gasteiger partial charge in [0.15, 0.2) is 21.0 Å². The average Bonchev–Trinajstić information content (AvgIpc) is 1.74. The molecule has 6 N–H and O–H groups in total. The van der Waals surface area contributed by atoms with Gasteiger partial charge in [0.25, 0.3) is 0 Å². The van der Waals surface area contributed by atoms with Crippen molar-refractivity contribution in [2.24, 2.45) is 0 Å². The van der Waals surface area contributed by atoms with Crippen LogP contribution in [0, 0.1) is 0 Å². The number of aliphatic carboxylic acids is 1. The van der Waals surface area contributed by atoms with Gasteiger partial charge in [-0.05, 0) is 108 Å². The molecular formula is C80H163O15PS7. The molecule has 3 atom stereocenters. The zero-order chi connectivity index (χ0) is 78.4. The molecule has 3 unspecified atom stereocenters. The molecule has 0 aromatic heterocycles. The number of carboxylic acid groups (broad SMARTS) is 1. The van der Waals surface area contributed by atoms with E-state index in [0.29, 0.717) is 35.6 Å². The van der Waals surface area contributed by atoms with Crippen LogP contribution in [0.3, 0.4) is 0 Å². The van der Waals surface area contributed by atoms with E-state index in [1.165, 1.54) is 301 Å². The van der Waals surface area contributed by atoms with Crippen LogP contribution < -0.4 is 0 Å². The van der Waals surface area contributed by atoms with Gasteiger partial charge in [0.05, 0.1) is 25.9 Å². The summed E-state index contributed by atoms with van der Waals surface area (Å²) in [5, 5.41) is 52.7. The van der Waals surface area contributed by atoms with Crippen LogP contribution >= 0.6 is 78.1 Å². The van der Waals surface area contributed by atoms with E-state index in [1.807, 2.05) is 20.1 Å². The first kappa shape index (κ1) is 114. The summed E-state index contributed by atoms with van der Waals surface area (Å²) in [7, 11) is 3.97. The molecule has 620 valence electrons. The van der Waals surface area contributed by atoms with E-state index in [9.17, 15) is 14.7 Å². The van der Waals surface area contributed by atoms with E-state index in [0.717, 1.165) is 93.8 Å². The van der Waals surface area contributed by atoms with Crippen LogP contribution in [0.1, 0.15) is 382 Å². The number of hydrogen-bond donors (Lipinski definition) is 7. The Hall–Kier alpha value is 0.310. The minimum absolute atomic E-state index is 0.0103. The van der Waals surface area contributed by atoms with Gasteiger partial charge in [0.1, 0.15) is 25.4 Å². The van der Waals surface area contributed by atoms with Crippen LogP contribution in [0.5, 0.6) is 0 Å². The number of rotatable bonds is 60. The second kappa shape index (κ2) is 94.7. The lowest BCUT2D eigenvalue weighted by Crippen LogP contribution is -2.24. The van der Waals surface area contributed by atoms with Gasteiger partial charge in [0.2, 0.25) is 5.69 Å². The lowest BCUT2D eigenvalue weighted by atomic mass is 10.1. The lowest BCUT2D eigenvalue weighted by Gasteiger charge is -2.17. The van der Waals surface area contributed by atoms with Crippen molar-refractivity contribution >= 4 is 115 Å². The molecular weight excluding hydrogens is 1460 g/mol. The standard InChI is InChI=1S/C18H34O3S.C15H30O3S.C15H30O2S2.C13H26OS.C12H24O2.C4H8O.C2H7O2PS2.CH4O/c1-4-5-6-7-8-9-10-11-12-13-17(22)19-14-16-15-20-18(2,3)21-16;1-2-3-4-5-6-7-8-9-10-11-15(19)18-13-14(17)12-16;1-2-3-4-5-6-7-8-9-10-11-15(18)19-13-14(17)12-16;1-3-4-5-6-7-8-9-10-11-12-13(14)15-2;1-2-3-4-5-6-7-8-9-10-11-12(13)14;1-2-4-5-3-1;1-3-5(6,7)4-2;1-2/h16H,4-15H2,1-3H3;2*14,16-17H,2-13H2,1H3;3-12H2,1-2H3;2-11H2,1H3,(H,13,14);1-4H2;1-2H3,(H,6,7);2H,1H3. The quantitative estimate of drug-likeness (QED) is 0.0130. The van der Waals surface area contributed by atoms with Crippen molar-refractivity contribution in [1.29, 1.82) is 0 Å². The van der Waals surface area contributed by atoms with Crippen molar-refractivity contribution in [2.45, 2.75) is 406 Å². The summed E-state index contributed by atoms with van der Waals surface area (Å²) >= 11 is 27.0. The Balaban J connectivity index is -0.000000274. The van der Waals surface area contributed by atoms with Gasteiger partial charge in [-0.1, -0.05) is 328 Å². The van der Waals surface area contributed by atoms with E-state index in [2.05, 4.69) is 67.7 Å². The number of hydrogen-bond acceptors (Lipinski definition) is 20. The van der Waals surface area contributed by atoms with Gasteiger partial charge in [-0.2, -0.15) is 0 Å². The maximum atomic E-state index is 11.0. The molecule has 2 aliphatic rings. The first-order valence-corrected chi connectivity index (χ1v) is 48.0. The molecule has 0 bridgehead atoms. The summed E-state index contributed by atoms with van der Waals surface area (Å²) in [5.74, 6) is -0.618. The number of ether oxygens (including phenoxy) is 5. The van der Waals surface area contributed by atoms with Gasteiger partial charge in [0, 0.05) is 70.2 Å². The smallest absolute Gasteiger partial charge is 0.303 e. The second-order valence-corrected chi connectivity index (χ2v) is 36.3. The van der Waals surface area contributed by atoms with Crippen molar-refractivity contribution in [1.82, 2.24) is 0 Å². The second-order valence-electron chi connectivity index (χ2n) is 27.2. The minimum Gasteiger partial charge on any atom is -0.484 e. The summed E-state index contributed by atoms with van der Waals surface area (Å²) in [6.07, 6.45) is 65.3.